The number of aryl methyl sites for hydroxylation is 2. The van der Waals surface area contributed by atoms with Crippen LogP contribution in [0.3, 0.4) is 0 Å². The highest BCUT2D eigenvalue weighted by Gasteiger charge is 2.09. The van der Waals surface area contributed by atoms with Gasteiger partial charge in [0.1, 0.15) is 0 Å². The molecular weight excluding hydrogens is 298 g/mol. The SMILES string of the molecule is COC(=O)c1ccc(C)c(NC(=O)/C=C/c2sccc2C)c1. The van der Waals surface area contributed by atoms with Crippen LogP contribution in [0, 0.1) is 13.8 Å². The molecule has 2 rings (SSSR count). The molecule has 5 heteroatoms. The number of anilines is 1. The molecule has 0 unspecified atom stereocenters. The molecule has 1 aromatic carbocycles. The molecule has 4 nitrogen and oxygen atoms in total. The van der Waals surface area contributed by atoms with Crippen molar-refractivity contribution >= 4 is 35.0 Å². The Morgan fingerprint density at radius 3 is 2.59 bits per heavy atom. The Morgan fingerprint density at radius 1 is 1.18 bits per heavy atom. The summed E-state index contributed by atoms with van der Waals surface area (Å²) in [5.74, 6) is -0.668. The zero-order valence-electron chi connectivity index (χ0n) is 12.7. The van der Waals surface area contributed by atoms with Gasteiger partial charge in [0.05, 0.1) is 12.7 Å². The first-order valence-electron chi connectivity index (χ1n) is 6.73. The number of rotatable bonds is 4. The molecule has 0 aliphatic rings. The van der Waals surface area contributed by atoms with Crippen LogP contribution in [-0.4, -0.2) is 19.0 Å². The maximum absolute atomic E-state index is 12.0. The Balaban J connectivity index is 2.13. The largest absolute Gasteiger partial charge is 0.465 e. The lowest BCUT2D eigenvalue weighted by atomic mass is 10.1. The Kier molecular flexibility index (Phi) is 5.12. The van der Waals surface area contributed by atoms with Gasteiger partial charge in [-0.25, -0.2) is 4.79 Å². The highest BCUT2D eigenvalue weighted by molar-refractivity contribution is 7.11. The van der Waals surface area contributed by atoms with Gasteiger partial charge in [0, 0.05) is 16.6 Å². The predicted octanol–water partition coefficient (Wildman–Crippen LogP) is 3.80. The van der Waals surface area contributed by atoms with Crippen molar-refractivity contribution in [2.75, 3.05) is 12.4 Å². The van der Waals surface area contributed by atoms with Crippen LogP contribution < -0.4 is 5.32 Å². The molecule has 1 aromatic heterocycles. The van der Waals surface area contributed by atoms with E-state index in [1.807, 2.05) is 25.3 Å². The first-order valence-corrected chi connectivity index (χ1v) is 7.61. The molecule has 0 fully saturated rings. The van der Waals surface area contributed by atoms with Crippen molar-refractivity contribution in [3.63, 3.8) is 0 Å². The van der Waals surface area contributed by atoms with Crippen LogP contribution in [0.5, 0.6) is 0 Å². The summed E-state index contributed by atoms with van der Waals surface area (Å²) in [4.78, 5) is 24.6. The first-order chi connectivity index (χ1) is 10.5. The van der Waals surface area contributed by atoms with Crippen LogP contribution in [-0.2, 0) is 9.53 Å². The maximum atomic E-state index is 12.0. The van der Waals surface area contributed by atoms with Gasteiger partial charge in [-0.15, -0.1) is 11.3 Å². The standard InChI is InChI=1S/C17H17NO3S/c1-11-4-5-13(17(20)21-3)10-14(11)18-16(19)7-6-15-12(2)8-9-22-15/h4-10H,1-3H3,(H,18,19)/b7-6+. The van der Waals surface area contributed by atoms with E-state index in [1.54, 1.807) is 35.6 Å². The normalized spacial score (nSPS) is 10.7. The van der Waals surface area contributed by atoms with E-state index in [0.29, 0.717) is 11.3 Å². The number of esters is 1. The number of nitrogens with one attached hydrogen (secondary N) is 1. The molecule has 0 atom stereocenters. The number of benzene rings is 1. The van der Waals surface area contributed by atoms with E-state index in [-0.39, 0.29) is 5.91 Å². The fourth-order valence-corrected chi connectivity index (χ4v) is 2.70. The minimum Gasteiger partial charge on any atom is -0.465 e. The molecule has 0 bridgehead atoms. The van der Waals surface area contributed by atoms with Gasteiger partial charge in [-0.05, 0) is 54.6 Å². The van der Waals surface area contributed by atoms with Gasteiger partial charge >= 0.3 is 5.97 Å². The second-order valence-corrected chi connectivity index (χ2v) is 5.76. The summed E-state index contributed by atoms with van der Waals surface area (Å²) in [6.45, 7) is 3.86. The molecule has 0 radical (unpaired) electrons. The minimum absolute atomic E-state index is 0.238. The van der Waals surface area contributed by atoms with E-state index in [2.05, 4.69) is 10.1 Å². The molecule has 114 valence electrons. The van der Waals surface area contributed by atoms with E-state index < -0.39 is 5.97 Å². The van der Waals surface area contributed by atoms with Crippen molar-refractivity contribution in [3.05, 3.63) is 57.3 Å². The van der Waals surface area contributed by atoms with Crippen molar-refractivity contribution in [2.45, 2.75) is 13.8 Å². The second-order valence-electron chi connectivity index (χ2n) is 4.81. The number of hydrogen-bond donors (Lipinski definition) is 1. The summed E-state index contributed by atoms with van der Waals surface area (Å²) >= 11 is 1.58. The van der Waals surface area contributed by atoms with Crippen LogP contribution >= 0.6 is 11.3 Å². The molecule has 0 saturated heterocycles. The summed E-state index contributed by atoms with van der Waals surface area (Å²) in [6.07, 6.45) is 3.28. The lowest BCUT2D eigenvalue weighted by Gasteiger charge is -2.08. The molecule has 1 heterocycles. The summed E-state index contributed by atoms with van der Waals surface area (Å²) in [7, 11) is 1.33. The zero-order valence-corrected chi connectivity index (χ0v) is 13.5. The lowest BCUT2D eigenvalue weighted by molar-refractivity contribution is -0.111. The van der Waals surface area contributed by atoms with E-state index in [1.165, 1.54) is 13.2 Å². The molecule has 22 heavy (non-hydrogen) atoms. The van der Waals surface area contributed by atoms with Gasteiger partial charge in [0.25, 0.3) is 0 Å². The number of hydrogen-bond acceptors (Lipinski definition) is 4. The Labute approximate surface area is 133 Å². The van der Waals surface area contributed by atoms with Crippen LogP contribution in [0.25, 0.3) is 6.08 Å². The number of ether oxygens (including phenoxy) is 1. The summed E-state index contributed by atoms with van der Waals surface area (Å²) < 4.78 is 4.68. The minimum atomic E-state index is -0.430. The molecule has 0 aliphatic heterocycles. The van der Waals surface area contributed by atoms with E-state index in [4.69, 9.17) is 0 Å². The molecule has 2 aromatic rings. The third-order valence-electron chi connectivity index (χ3n) is 3.20. The van der Waals surface area contributed by atoms with Gasteiger partial charge in [-0.1, -0.05) is 6.07 Å². The van der Waals surface area contributed by atoms with E-state index in [9.17, 15) is 9.59 Å². The molecule has 0 aliphatic carbocycles. The van der Waals surface area contributed by atoms with E-state index >= 15 is 0 Å². The monoisotopic (exact) mass is 315 g/mol. The number of thiophene rings is 1. The van der Waals surface area contributed by atoms with Gasteiger partial charge in [0.15, 0.2) is 0 Å². The van der Waals surface area contributed by atoms with E-state index in [0.717, 1.165) is 16.0 Å². The van der Waals surface area contributed by atoms with Gasteiger partial charge in [-0.3, -0.25) is 4.79 Å². The summed E-state index contributed by atoms with van der Waals surface area (Å²) in [5, 5.41) is 4.77. The van der Waals surface area contributed by atoms with Crippen LogP contribution in [0.4, 0.5) is 5.69 Å². The van der Waals surface area contributed by atoms with Crippen LogP contribution in [0.15, 0.2) is 35.7 Å². The fraction of sp³-hybridized carbons (Fsp3) is 0.176. The smallest absolute Gasteiger partial charge is 0.337 e. The number of amides is 1. The zero-order chi connectivity index (χ0) is 16.1. The average molecular weight is 315 g/mol. The highest BCUT2D eigenvalue weighted by Crippen LogP contribution is 2.19. The van der Waals surface area contributed by atoms with Crippen LogP contribution in [0.1, 0.15) is 26.4 Å². The van der Waals surface area contributed by atoms with Crippen molar-refractivity contribution < 1.29 is 14.3 Å². The van der Waals surface area contributed by atoms with Crippen molar-refractivity contribution in [3.8, 4) is 0 Å². The van der Waals surface area contributed by atoms with Crippen molar-refractivity contribution in [2.24, 2.45) is 0 Å². The Morgan fingerprint density at radius 2 is 1.95 bits per heavy atom. The second kappa shape index (κ2) is 7.04. The molecule has 1 amide bonds. The molecule has 0 spiro atoms. The van der Waals surface area contributed by atoms with Crippen LogP contribution in [0.2, 0.25) is 0 Å². The first kappa shape index (κ1) is 16.0. The summed E-state index contributed by atoms with van der Waals surface area (Å²) in [6, 6.07) is 7.06. The third kappa shape index (κ3) is 3.83. The van der Waals surface area contributed by atoms with Crippen molar-refractivity contribution in [1.82, 2.24) is 0 Å². The van der Waals surface area contributed by atoms with Gasteiger partial charge < -0.3 is 10.1 Å². The highest BCUT2D eigenvalue weighted by atomic mass is 32.1. The topological polar surface area (TPSA) is 55.4 Å². The molecular formula is C17H17NO3S. The molecule has 0 saturated carbocycles. The predicted molar refractivity (Wildman–Crippen MR) is 89.2 cm³/mol. The maximum Gasteiger partial charge on any atom is 0.337 e. The molecule has 1 N–H and O–H groups in total. The third-order valence-corrected chi connectivity index (χ3v) is 4.19. The lowest BCUT2D eigenvalue weighted by Crippen LogP contribution is -2.10. The Hall–Kier alpha value is -2.40. The number of methoxy groups -OCH3 is 1. The quantitative estimate of drug-likeness (QED) is 0.689. The Bertz CT molecular complexity index is 731. The van der Waals surface area contributed by atoms with Gasteiger partial charge in [0.2, 0.25) is 5.91 Å². The van der Waals surface area contributed by atoms with Gasteiger partial charge in [-0.2, -0.15) is 0 Å². The average Bonchev–Trinajstić information content (AvgIpc) is 2.92. The number of carbonyl (C=O) groups is 2. The fourth-order valence-electron chi connectivity index (χ4n) is 1.88. The summed E-state index contributed by atoms with van der Waals surface area (Å²) in [5.41, 5.74) is 3.02. The van der Waals surface area contributed by atoms with Crippen molar-refractivity contribution in [1.29, 1.82) is 0 Å². The number of carbonyl (C=O) groups excluding carboxylic acids is 2.